The van der Waals surface area contributed by atoms with Crippen LogP contribution in [0.4, 0.5) is 5.69 Å². The average molecular weight is 425 g/mol. The molecule has 3 aromatic rings. The highest BCUT2D eigenvalue weighted by molar-refractivity contribution is 5.83. The van der Waals surface area contributed by atoms with E-state index in [0.29, 0.717) is 17.8 Å². The monoisotopic (exact) mass is 425 g/mol. The number of aryl methyl sites for hydroxylation is 2. The van der Waals surface area contributed by atoms with Gasteiger partial charge in [-0.25, -0.2) is 4.79 Å². The van der Waals surface area contributed by atoms with Gasteiger partial charge in [-0.05, 0) is 62.1 Å². The van der Waals surface area contributed by atoms with Crippen molar-refractivity contribution in [1.29, 1.82) is 0 Å². The Bertz CT molecular complexity index is 1160. The molecule has 0 spiro atoms. The maximum Gasteiger partial charge on any atom is 0.336 e. The second kappa shape index (κ2) is 9.42. The Morgan fingerprint density at radius 1 is 1.16 bits per heavy atom. The number of rotatable bonds is 8. The lowest BCUT2D eigenvalue weighted by molar-refractivity contribution is -0.384. The van der Waals surface area contributed by atoms with E-state index < -0.39 is 10.5 Å². The first-order valence-electron chi connectivity index (χ1n) is 9.86. The summed E-state index contributed by atoms with van der Waals surface area (Å²) in [5, 5.41) is 11.6. The van der Waals surface area contributed by atoms with Crippen molar-refractivity contribution in [3.8, 4) is 5.75 Å². The number of benzene rings is 2. The second-order valence-electron chi connectivity index (χ2n) is 7.46. The van der Waals surface area contributed by atoms with Gasteiger partial charge in [0.15, 0.2) is 0 Å². The van der Waals surface area contributed by atoms with Gasteiger partial charge in [-0.3, -0.25) is 14.9 Å². The van der Waals surface area contributed by atoms with Crippen LogP contribution in [0, 0.1) is 17.0 Å². The van der Waals surface area contributed by atoms with Gasteiger partial charge in [-0.15, -0.1) is 0 Å². The average Bonchev–Trinajstić information content (AvgIpc) is 2.70. The molecule has 3 rings (SSSR count). The smallest absolute Gasteiger partial charge is 0.336 e. The predicted octanol–water partition coefficient (Wildman–Crippen LogP) is 4.47. The number of fused-ring (bicyclic) bond motifs is 1. The molecule has 0 aliphatic carbocycles. The van der Waals surface area contributed by atoms with Gasteiger partial charge in [-0.2, -0.15) is 0 Å². The highest BCUT2D eigenvalue weighted by Crippen LogP contribution is 2.29. The Morgan fingerprint density at radius 2 is 1.87 bits per heavy atom. The van der Waals surface area contributed by atoms with E-state index in [2.05, 4.69) is 0 Å². The van der Waals surface area contributed by atoms with Crippen molar-refractivity contribution in [2.24, 2.45) is 0 Å². The molecule has 8 heteroatoms. The van der Waals surface area contributed by atoms with Gasteiger partial charge in [0.1, 0.15) is 17.9 Å². The summed E-state index contributed by atoms with van der Waals surface area (Å²) in [6, 6.07) is 10.9. The lowest BCUT2D eigenvalue weighted by atomic mass is 10.0. The minimum absolute atomic E-state index is 0.00365. The van der Waals surface area contributed by atoms with Gasteiger partial charge >= 0.3 is 11.6 Å². The van der Waals surface area contributed by atoms with E-state index in [-0.39, 0.29) is 30.8 Å². The fraction of sp³-hybridized carbons (Fsp3) is 0.304. The molecule has 8 nitrogen and oxygen atoms in total. The number of carbonyl (C=O) groups is 1. The highest BCUT2D eigenvalue weighted by Gasteiger charge is 2.14. The summed E-state index contributed by atoms with van der Waals surface area (Å²) in [6.07, 6.45) is 0.363. The molecule has 0 aliphatic rings. The Labute approximate surface area is 178 Å². The standard InChI is InChI=1S/C23H23NO7/c1-14(2)30-22(25)9-6-17-11-19-15(3)10-23(26)31-21(19)12-20(17)29-13-16-4-7-18(8-5-16)24(27)28/h4-5,7-8,10-12,14H,6,9,13H2,1-3H3. The van der Waals surface area contributed by atoms with Gasteiger partial charge in [0, 0.05) is 36.1 Å². The molecule has 162 valence electrons. The van der Waals surface area contributed by atoms with Crippen molar-refractivity contribution in [1.82, 2.24) is 0 Å². The number of hydrogen-bond acceptors (Lipinski definition) is 7. The summed E-state index contributed by atoms with van der Waals surface area (Å²) in [6.45, 7) is 5.55. The van der Waals surface area contributed by atoms with Crippen molar-refractivity contribution in [2.45, 2.75) is 46.3 Å². The molecule has 2 aromatic carbocycles. The first kappa shape index (κ1) is 22.0. The summed E-state index contributed by atoms with van der Waals surface area (Å²) in [4.78, 5) is 34.1. The maximum absolute atomic E-state index is 12.0. The number of nitro groups is 1. The molecule has 0 saturated heterocycles. The minimum Gasteiger partial charge on any atom is -0.488 e. The highest BCUT2D eigenvalue weighted by atomic mass is 16.6. The van der Waals surface area contributed by atoms with Crippen LogP contribution in [0.25, 0.3) is 11.0 Å². The fourth-order valence-corrected chi connectivity index (χ4v) is 3.15. The topological polar surface area (TPSA) is 109 Å². The Hall–Kier alpha value is -3.68. The third kappa shape index (κ3) is 5.69. The molecular formula is C23H23NO7. The summed E-state index contributed by atoms with van der Waals surface area (Å²) >= 11 is 0. The van der Waals surface area contributed by atoms with E-state index in [1.165, 1.54) is 18.2 Å². The number of non-ortho nitro benzene ring substituents is 1. The molecular weight excluding hydrogens is 402 g/mol. The summed E-state index contributed by atoms with van der Waals surface area (Å²) in [5.74, 6) is 0.157. The molecule has 0 bridgehead atoms. The largest absolute Gasteiger partial charge is 0.488 e. The Kier molecular flexibility index (Phi) is 6.69. The van der Waals surface area contributed by atoms with E-state index in [9.17, 15) is 19.7 Å². The van der Waals surface area contributed by atoms with Crippen molar-refractivity contribution >= 4 is 22.6 Å². The zero-order valence-corrected chi connectivity index (χ0v) is 17.5. The fourth-order valence-electron chi connectivity index (χ4n) is 3.15. The van der Waals surface area contributed by atoms with Crippen molar-refractivity contribution < 1.29 is 23.6 Å². The molecule has 0 amide bonds. The van der Waals surface area contributed by atoms with Gasteiger partial charge in [0.2, 0.25) is 0 Å². The van der Waals surface area contributed by atoms with Crippen LogP contribution < -0.4 is 10.4 Å². The van der Waals surface area contributed by atoms with E-state index >= 15 is 0 Å². The summed E-state index contributed by atoms with van der Waals surface area (Å²) in [7, 11) is 0. The van der Waals surface area contributed by atoms with Gasteiger partial charge in [-0.1, -0.05) is 0 Å². The summed E-state index contributed by atoms with van der Waals surface area (Å²) in [5.41, 5.74) is 2.20. The van der Waals surface area contributed by atoms with Crippen molar-refractivity contribution in [3.05, 3.63) is 79.7 Å². The first-order chi connectivity index (χ1) is 14.7. The summed E-state index contributed by atoms with van der Waals surface area (Å²) < 4.78 is 16.5. The van der Waals surface area contributed by atoms with Gasteiger partial charge in [0.05, 0.1) is 11.0 Å². The number of hydrogen-bond donors (Lipinski definition) is 0. The van der Waals surface area contributed by atoms with Gasteiger partial charge < -0.3 is 13.9 Å². The molecule has 0 atom stereocenters. The molecule has 0 unspecified atom stereocenters. The number of carbonyl (C=O) groups excluding carboxylic acids is 1. The lowest BCUT2D eigenvalue weighted by Gasteiger charge is -2.14. The van der Waals surface area contributed by atoms with Crippen LogP contribution in [-0.4, -0.2) is 17.0 Å². The van der Waals surface area contributed by atoms with E-state index in [0.717, 1.165) is 22.1 Å². The molecule has 0 aliphatic heterocycles. The Balaban J connectivity index is 1.88. The molecule has 0 N–H and O–H groups in total. The first-order valence-corrected chi connectivity index (χ1v) is 9.86. The normalized spacial score (nSPS) is 11.0. The van der Waals surface area contributed by atoms with E-state index in [1.807, 2.05) is 13.0 Å². The van der Waals surface area contributed by atoms with Gasteiger partial charge in [0.25, 0.3) is 5.69 Å². The number of esters is 1. The quantitative estimate of drug-likeness (QED) is 0.227. The van der Waals surface area contributed by atoms with Crippen LogP contribution in [0.1, 0.15) is 37.0 Å². The van der Waals surface area contributed by atoms with Crippen LogP contribution in [0.3, 0.4) is 0 Å². The zero-order valence-electron chi connectivity index (χ0n) is 17.5. The number of ether oxygens (including phenoxy) is 2. The van der Waals surface area contributed by atoms with Crippen LogP contribution >= 0.6 is 0 Å². The molecule has 1 aromatic heterocycles. The van der Waals surface area contributed by atoms with Crippen molar-refractivity contribution in [2.75, 3.05) is 0 Å². The van der Waals surface area contributed by atoms with E-state index in [1.54, 1.807) is 32.0 Å². The molecule has 0 radical (unpaired) electrons. The lowest BCUT2D eigenvalue weighted by Crippen LogP contribution is -2.12. The third-order valence-corrected chi connectivity index (χ3v) is 4.64. The molecule has 1 heterocycles. The number of nitrogens with zero attached hydrogens (tertiary/aromatic N) is 1. The minimum atomic E-state index is -0.466. The third-order valence-electron chi connectivity index (χ3n) is 4.64. The van der Waals surface area contributed by atoms with Crippen LogP contribution in [0.2, 0.25) is 0 Å². The second-order valence-corrected chi connectivity index (χ2v) is 7.46. The SMILES string of the molecule is Cc1cc(=O)oc2cc(OCc3ccc([N+](=O)[O-])cc3)c(CCC(=O)OC(C)C)cc12. The van der Waals surface area contributed by atoms with Crippen LogP contribution in [0.5, 0.6) is 5.75 Å². The zero-order chi connectivity index (χ0) is 22.5. The van der Waals surface area contributed by atoms with Crippen LogP contribution in [0.15, 0.2) is 51.7 Å². The maximum atomic E-state index is 12.0. The van der Waals surface area contributed by atoms with E-state index in [4.69, 9.17) is 13.9 Å². The predicted molar refractivity (Wildman–Crippen MR) is 114 cm³/mol. The van der Waals surface area contributed by atoms with Crippen molar-refractivity contribution in [3.63, 3.8) is 0 Å². The molecule has 31 heavy (non-hydrogen) atoms. The molecule has 0 saturated carbocycles. The van der Waals surface area contributed by atoms with Crippen LogP contribution in [-0.2, 0) is 22.6 Å². The molecule has 0 fully saturated rings. The number of nitro benzene ring substituents is 1. The Morgan fingerprint density at radius 3 is 2.52 bits per heavy atom.